The Morgan fingerprint density at radius 3 is 2.81 bits per heavy atom. The number of carbonyl (C=O) groups excluding carboxylic acids is 2. The zero-order valence-electron chi connectivity index (χ0n) is 12.3. The highest BCUT2D eigenvalue weighted by Crippen LogP contribution is 2.27. The van der Waals surface area contributed by atoms with Crippen LogP contribution >= 0.6 is 0 Å². The van der Waals surface area contributed by atoms with E-state index in [1.54, 1.807) is 13.1 Å². The largest absolute Gasteiger partial charge is 0.507 e. The summed E-state index contributed by atoms with van der Waals surface area (Å²) in [7, 11) is 3.05. The number of nitrogens with zero attached hydrogens (tertiary/aromatic N) is 1. The van der Waals surface area contributed by atoms with Gasteiger partial charge in [-0.25, -0.2) is 0 Å². The third-order valence-corrected chi connectivity index (χ3v) is 3.75. The summed E-state index contributed by atoms with van der Waals surface area (Å²) in [5.74, 6) is -0.142. The van der Waals surface area contributed by atoms with Crippen LogP contribution in [0.1, 0.15) is 29.6 Å². The standard InChI is InChI=1S/C15H20N2O4/c1-16-14(19)12-5-3-4-8-17(12)15(20)11-9-10(21-2)6-7-13(11)18/h6-7,9,12,18H,3-5,8H2,1-2H3,(H,16,19). The molecule has 6 heteroatoms. The van der Waals surface area contributed by atoms with Crippen molar-refractivity contribution in [3.8, 4) is 11.5 Å². The van der Waals surface area contributed by atoms with E-state index in [9.17, 15) is 14.7 Å². The number of likely N-dealkylation sites (tertiary alicyclic amines) is 1. The van der Waals surface area contributed by atoms with Crippen molar-refractivity contribution < 1.29 is 19.4 Å². The van der Waals surface area contributed by atoms with Crippen LogP contribution in [-0.4, -0.2) is 48.6 Å². The third kappa shape index (κ3) is 3.09. The van der Waals surface area contributed by atoms with Crippen molar-refractivity contribution in [1.82, 2.24) is 10.2 Å². The van der Waals surface area contributed by atoms with Crippen LogP contribution in [0.5, 0.6) is 11.5 Å². The predicted octanol–water partition coefficient (Wildman–Crippen LogP) is 1.14. The molecule has 0 aliphatic carbocycles. The van der Waals surface area contributed by atoms with Crippen molar-refractivity contribution in [2.75, 3.05) is 20.7 Å². The average molecular weight is 292 g/mol. The Kier molecular flexibility index (Phi) is 4.67. The molecule has 1 aromatic rings. The van der Waals surface area contributed by atoms with Crippen molar-refractivity contribution in [3.63, 3.8) is 0 Å². The lowest BCUT2D eigenvalue weighted by atomic mass is 9.99. The second-order valence-electron chi connectivity index (χ2n) is 5.01. The molecule has 0 saturated carbocycles. The SMILES string of the molecule is CNC(=O)C1CCCCN1C(=O)c1cc(OC)ccc1O. The number of hydrogen-bond acceptors (Lipinski definition) is 4. The highest BCUT2D eigenvalue weighted by atomic mass is 16.5. The highest BCUT2D eigenvalue weighted by molar-refractivity contribution is 6.00. The van der Waals surface area contributed by atoms with E-state index >= 15 is 0 Å². The van der Waals surface area contributed by atoms with E-state index in [1.165, 1.54) is 24.1 Å². The zero-order valence-corrected chi connectivity index (χ0v) is 12.3. The zero-order chi connectivity index (χ0) is 15.4. The molecular formula is C15H20N2O4. The molecule has 0 bridgehead atoms. The molecule has 1 heterocycles. The molecule has 2 rings (SSSR count). The predicted molar refractivity (Wildman–Crippen MR) is 77.4 cm³/mol. The summed E-state index contributed by atoms with van der Waals surface area (Å²) >= 11 is 0. The van der Waals surface area contributed by atoms with E-state index in [4.69, 9.17) is 4.74 Å². The van der Waals surface area contributed by atoms with Crippen LogP contribution in [0.4, 0.5) is 0 Å². The van der Waals surface area contributed by atoms with Gasteiger partial charge in [-0.2, -0.15) is 0 Å². The Morgan fingerprint density at radius 2 is 2.14 bits per heavy atom. The lowest BCUT2D eigenvalue weighted by Crippen LogP contribution is -2.51. The third-order valence-electron chi connectivity index (χ3n) is 3.75. The van der Waals surface area contributed by atoms with Gasteiger partial charge in [-0.3, -0.25) is 9.59 Å². The normalized spacial score (nSPS) is 18.2. The second kappa shape index (κ2) is 6.47. The summed E-state index contributed by atoms with van der Waals surface area (Å²) in [5, 5.41) is 12.5. The van der Waals surface area contributed by atoms with E-state index in [1.807, 2.05) is 0 Å². The number of rotatable bonds is 3. The van der Waals surface area contributed by atoms with Gasteiger partial charge in [-0.1, -0.05) is 0 Å². The maximum Gasteiger partial charge on any atom is 0.258 e. The van der Waals surface area contributed by atoms with Crippen LogP contribution < -0.4 is 10.1 Å². The Hall–Kier alpha value is -2.24. The van der Waals surface area contributed by atoms with Gasteiger partial charge in [0.2, 0.25) is 5.91 Å². The number of phenols is 1. The molecule has 21 heavy (non-hydrogen) atoms. The first-order valence-corrected chi connectivity index (χ1v) is 6.98. The topological polar surface area (TPSA) is 78.9 Å². The number of likely N-dealkylation sites (N-methyl/N-ethyl adjacent to an activating group) is 1. The summed E-state index contributed by atoms with van der Waals surface area (Å²) in [6.07, 6.45) is 2.39. The summed E-state index contributed by atoms with van der Waals surface area (Å²) in [6.45, 7) is 0.508. The van der Waals surface area contributed by atoms with Crippen LogP contribution in [0.25, 0.3) is 0 Å². The molecule has 1 atom stereocenters. The van der Waals surface area contributed by atoms with Gasteiger partial charge in [0.25, 0.3) is 5.91 Å². The minimum absolute atomic E-state index is 0.109. The summed E-state index contributed by atoms with van der Waals surface area (Å²) < 4.78 is 5.08. The fourth-order valence-corrected chi connectivity index (χ4v) is 2.58. The fourth-order valence-electron chi connectivity index (χ4n) is 2.58. The minimum Gasteiger partial charge on any atom is -0.507 e. The van der Waals surface area contributed by atoms with E-state index in [0.717, 1.165) is 12.8 Å². The molecule has 1 aliphatic heterocycles. The van der Waals surface area contributed by atoms with E-state index in [2.05, 4.69) is 5.32 Å². The molecule has 1 unspecified atom stereocenters. The van der Waals surface area contributed by atoms with Gasteiger partial charge >= 0.3 is 0 Å². The van der Waals surface area contributed by atoms with Crippen LogP contribution in [-0.2, 0) is 4.79 Å². The van der Waals surface area contributed by atoms with Crippen molar-refractivity contribution in [1.29, 1.82) is 0 Å². The molecule has 0 spiro atoms. The molecule has 1 fully saturated rings. The molecule has 1 saturated heterocycles. The number of carbonyl (C=O) groups is 2. The number of benzene rings is 1. The molecule has 1 aromatic carbocycles. The Balaban J connectivity index is 2.30. The Labute approximate surface area is 123 Å². The van der Waals surface area contributed by atoms with Crippen LogP contribution in [0.3, 0.4) is 0 Å². The lowest BCUT2D eigenvalue weighted by Gasteiger charge is -2.34. The number of hydrogen-bond donors (Lipinski definition) is 2. The van der Waals surface area contributed by atoms with Gasteiger partial charge in [0.1, 0.15) is 17.5 Å². The Bertz CT molecular complexity index is 544. The van der Waals surface area contributed by atoms with Gasteiger partial charge < -0.3 is 20.1 Å². The van der Waals surface area contributed by atoms with Gasteiger partial charge in [0.15, 0.2) is 0 Å². The van der Waals surface area contributed by atoms with Gasteiger partial charge in [-0.15, -0.1) is 0 Å². The monoisotopic (exact) mass is 292 g/mol. The molecule has 1 aliphatic rings. The number of aromatic hydroxyl groups is 1. The molecular weight excluding hydrogens is 272 g/mol. The fraction of sp³-hybridized carbons (Fsp3) is 0.467. The number of phenolic OH excluding ortho intramolecular Hbond substituents is 1. The first-order chi connectivity index (χ1) is 10.1. The molecule has 0 aromatic heterocycles. The molecule has 0 radical (unpaired) electrons. The first kappa shape index (κ1) is 15.2. The van der Waals surface area contributed by atoms with Crippen LogP contribution in [0.2, 0.25) is 0 Å². The van der Waals surface area contributed by atoms with Crippen LogP contribution in [0, 0.1) is 0 Å². The van der Waals surface area contributed by atoms with Crippen molar-refractivity contribution in [2.24, 2.45) is 0 Å². The van der Waals surface area contributed by atoms with Gasteiger partial charge in [0, 0.05) is 13.6 Å². The summed E-state index contributed by atoms with van der Waals surface area (Å²) in [4.78, 5) is 26.1. The van der Waals surface area contributed by atoms with Gasteiger partial charge in [-0.05, 0) is 37.5 Å². The number of piperidine rings is 1. The maximum atomic E-state index is 12.6. The molecule has 6 nitrogen and oxygen atoms in total. The summed E-state index contributed by atoms with van der Waals surface area (Å²) in [6, 6.07) is 4.01. The van der Waals surface area contributed by atoms with Crippen molar-refractivity contribution in [3.05, 3.63) is 23.8 Å². The molecule has 2 amide bonds. The quantitative estimate of drug-likeness (QED) is 0.875. The van der Waals surface area contributed by atoms with Crippen molar-refractivity contribution >= 4 is 11.8 Å². The second-order valence-corrected chi connectivity index (χ2v) is 5.01. The number of nitrogens with one attached hydrogen (secondary N) is 1. The van der Waals surface area contributed by atoms with E-state index in [0.29, 0.717) is 18.7 Å². The van der Waals surface area contributed by atoms with Gasteiger partial charge in [0.05, 0.1) is 12.7 Å². The summed E-state index contributed by atoms with van der Waals surface area (Å²) in [5.41, 5.74) is 0.158. The number of amides is 2. The number of ether oxygens (including phenoxy) is 1. The maximum absolute atomic E-state index is 12.6. The minimum atomic E-state index is -0.484. The van der Waals surface area contributed by atoms with E-state index < -0.39 is 6.04 Å². The van der Waals surface area contributed by atoms with E-state index in [-0.39, 0.29) is 23.1 Å². The lowest BCUT2D eigenvalue weighted by molar-refractivity contribution is -0.126. The van der Waals surface area contributed by atoms with Crippen LogP contribution in [0.15, 0.2) is 18.2 Å². The highest BCUT2D eigenvalue weighted by Gasteiger charge is 2.33. The Morgan fingerprint density at radius 1 is 1.38 bits per heavy atom. The number of methoxy groups -OCH3 is 1. The van der Waals surface area contributed by atoms with Crippen molar-refractivity contribution in [2.45, 2.75) is 25.3 Å². The molecule has 2 N–H and O–H groups in total. The average Bonchev–Trinajstić information content (AvgIpc) is 2.54. The first-order valence-electron chi connectivity index (χ1n) is 6.98. The molecule has 114 valence electrons. The smallest absolute Gasteiger partial charge is 0.258 e.